The molecule has 1 aliphatic heterocycles. The highest BCUT2D eigenvalue weighted by Crippen LogP contribution is 1.99. The number of rotatable bonds is 4. The third-order valence-corrected chi connectivity index (χ3v) is 2.22. The molecule has 1 fully saturated rings. The van der Waals surface area contributed by atoms with Gasteiger partial charge in [-0.15, -0.1) is 0 Å². The minimum atomic E-state index is -0.215. The predicted octanol–water partition coefficient (Wildman–Crippen LogP) is -0.629. The molecule has 1 rings (SSSR count). The van der Waals surface area contributed by atoms with Crippen LogP contribution >= 0.6 is 0 Å². The fraction of sp³-hybridized carbons (Fsp3) is 0.778. The van der Waals surface area contributed by atoms with E-state index >= 15 is 0 Å². The lowest BCUT2D eigenvalue weighted by molar-refractivity contribution is -0.141. The van der Waals surface area contributed by atoms with Gasteiger partial charge in [-0.05, 0) is 6.42 Å². The van der Waals surface area contributed by atoms with E-state index in [2.05, 4.69) is 10.1 Å². The summed E-state index contributed by atoms with van der Waals surface area (Å²) < 4.78 is 4.51. The third-order valence-electron chi connectivity index (χ3n) is 2.22. The number of methoxy groups -OCH3 is 1. The van der Waals surface area contributed by atoms with E-state index in [0.29, 0.717) is 25.9 Å². The SMILES string of the molecule is COC(=O)CCCN1CCNCC1=O. The molecule has 80 valence electrons. The van der Waals surface area contributed by atoms with E-state index in [1.165, 1.54) is 7.11 Å². The van der Waals surface area contributed by atoms with Crippen LogP contribution in [-0.4, -0.2) is 50.1 Å². The van der Waals surface area contributed by atoms with Gasteiger partial charge in [-0.3, -0.25) is 9.59 Å². The number of carbonyl (C=O) groups excluding carboxylic acids is 2. The van der Waals surface area contributed by atoms with Crippen LogP contribution in [0.25, 0.3) is 0 Å². The Kier molecular flexibility index (Phi) is 4.39. The lowest BCUT2D eigenvalue weighted by Gasteiger charge is -2.27. The Hall–Kier alpha value is -1.10. The van der Waals surface area contributed by atoms with Crippen LogP contribution in [0.2, 0.25) is 0 Å². The van der Waals surface area contributed by atoms with Crippen molar-refractivity contribution in [2.75, 3.05) is 33.3 Å². The van der Waals surface area contributed by atoms with E-state index in [0.717, 1.165) is 13.1 Å². The number of carbonyl (C=O) groups is 2. The van der Waals surface area contributed by atoms with Crippen LogP contribution in [0, 0.1) is 0 Å². The Morgan fingerprint density at radius 1 is 1.64 bits per heavy atom. The summed E-state index contributed by atoms with van der Waals surface area (Å²) in [5.74, 6) is -0.103. The second-order valence-electron chi connectivity index (χ2n) is 3.24. The zero-order chi connectivity index (χ0) is 10.4. The molecule has 1 heterocycles. The van der Waals surface area contributed by atoms with Crippen LogP contribution in [0.5, 0.6) is 0 Å². The lowest BCUT2D eigenvalue weighted by atomic mass is 10.2. The molecule has 5 heteroatoms. The molecular formula is C9H16N2O3. The number of ether oxygens (including phenoxy) is 1. The monoisotopic (exact) mass is 200 g/mol. The Bertz CT molecular complexity index is 218. The number of hydrogen-bond donors (Lipinski definition) is 1. The van der Waals surface area contributed by atoms with Gasteiger partial charge in [0.2, 0.25) is 5.91 Å². The van der Waals surface area contributed by atoms with Gasteiger partial charge in [-0.1, -0.05) is 0 Å². The average Bonchev–Trinajstić information content (AvgIpc) is 2.20. The summed E-state index contributed by atoms with van der Waals surface area (Å²) in [5.41, 5.74) is 0. The van der Waals surface area contributed by atoms with Crippen molar-refractivity contribution in [3.8, 4) is 0 Å². The van der Waals surface area contributed by atoms with E-state index in [9.17, 15) is 9.59 Å². The summed E-state index contributed by atoms with van der Waals surface area (Å²) in [6, 6.07) is 0. The summed E-state index contributed by atoms with van der Waals surface area (Å²) in [6.07, 6.45) is 1.06. The largest absolute Gasteiger partial charge is 0.469 e. The fourth-order valence-electron chi connectivity index (χ4n) is 1.40. The molecule has 5 nitrogen and oxygen atoms in total. The number of esters is 1. The second-order valence-corrected chi connectivity index (χ2v) is 3.24. The Morgan fingerprint density at radius 3 is 3.07 bits per heavy atom. The average molecular weight is 200 g/mol. The second kappa shape index (κ2) is 5.59. The Morgan fingerprint density at radius 2 is 2.43 bits per heavy atom. The molecule has 0 unspecified atom stereocenters. The van der Waals surface area contributed by atoms with Crippen molar-refractivity contribution < 1.29 is 14.3 Å². The number of nitrogens with one attached hydrogen (secondary N) is 1. The number of piperazine rings is 1. The van der Waals surface area contributed by atoms with Gasteiger partial charge in [-0.25, -0.2) is 0 Å². The van der Waals surface area contributed by atoms with Gasteiger partial charge < -0.3 is 15.0 Å². The molecule has 0 aromatic heterocycles. The highest BCUT2D eigenvalue weighted by molar-refractivity contribution is 5.79. The molecule has 1 saturated heterocycles. The van der Waals surface area contributed by atoms with Crippen LogP contribution in [0.4, 0.5) is 0 Å². The first-order valence-corrected chi connectivity index (χ1v) is 4.79. The molecule has 14 heavy (non-hydrogen) atoms. The van der Waals surface area contributed by atoms with Crippen LogP contribution < -0.4 is 5.32 Å². The van der Waals surface area contributed by atoms with Gasteiger partial charge in [0.15, 0.2) is 0 Å². The highest BCUT2D eigenvalue weighted by Gasteiger charge is 2.16. The standard InChI is InChI=1S/C9H16N2O3/c1-14-9(13)3-2-5-11-6-4-10-7-8(11)12/h10H,2-7H2,1H3. The summed E-state index contributed by atoms with van der Waals surface area (Å²) in [5, 5.41) is 2.99. The van der Waals surface area contributed by atoms with Crippen molar-refractivity contribution in [2.45, 2.75) is 12.8 Å². The van der Waals surface area contributed by atoms with Crippen molar-refractivity contribution in [3.05, 3.63) is 0 Å². The van der Waals surface area contributed by atoms with Crippen LogP contribution in [-0.2, 0) is 14.3 Å². The number of hydrogen-bond acceptors (Lipinski definition) is 4. The van der Waals surface area contributed by atoms with Crippen LogP contribution in [0.3, 0.4) is 0 Å². The fourth-order valence-corrected chi connectivity index (χ4v) is 1.40. The van der Waals surface area contributed by atoms with Gasteiger partial charge in [0.1, 0.15) is 0 Å². The summed E-state index contributed by atoms with van der Waals surface area (Å²) >= 11 is 0. The first-order chi connectivity index (χ1) is 6.74. The minimum absolute atomic E-state index is 0.112. The Balaban J connectivity index is 2.16. The highest BCUT2D eigenvalue weighted by atomic mass is 16.5. The van der Waals surface area contributed by atoms with Gasteiger partial charge in [0, 0.05) is 26.1 Å². The van der Waals surface area contributed by atoms with Gasteiger partial charge in [0.25, 0.3) is 0 Å². The van der Waals surface area contributed by atoms with Crippen molar-refractivity contribution in [1.29, 1.82) is 0 Å². The van der Waals surface area contributed by atoms with E-state index in [1.807, 2.05) is 0 Å². The van der Waals surface area contributed by atoms with Crippen LogP contribution in [0.15, 0.2) is 0 Å². The van der Waals surface area contributed by atoms with Crippen molar-refractivity contribution in [2.24, 2.45) is 0 Å². The molecule has 0 spiro atoms. The molecule has 1 amide bonds. The molecule has 0 aliphatic carbocycles. The normalized spacial score (nSPS) is 16.9. The maximum absolute atomic E-state index is 11.3. The van der Waals surface area contributed by atoms with E-state index in [-0.39, 0.29) is 11.9 Å². The molecule has 0 radical (unpaired) electrons. The molecule has 1 aliphatic rings. The molecule has 1 N–H and O–H groups in total. The maximum Gasteiger partial charge on any atom is 0.305 e. The zero-order valence-corrected chi connectivity index (χ0v) is 8.41. The molecule has 0 atom stereocenters. The predicted molar refractivity (Wildman–Crippen MR) is 50.7 cm³/mol. The topological polar surface area (TPSA) is 58.6 Å². The van der Waals surface area contributed by atoms with Crippen molar-refractivity contribution in [3.63, 3.8) is 0 Å². The summed E-state index contributed by atoms with van der Waals surface area (Å²) in [4.78, 5) is 23.9. The van der Waals surface area contributed by atoms with Crippen molar-refractivity contribution >= 4 is 11.9 Å². The van der Waals surface area contributed by atoms with E-state index in [1.54, 1.807) is 4.90 Å². The van der Waals surface area contributed by atoms with Gasteiger partial charge in [0.05, 0.1) is 13.7 Å². The number of amides is 1. The Labute approximate surface area is 83.4 Å². The smallest absolute Gasteiger partial charge is 0.305 e. The third kappa shape index (κ3) is 3.33. The maximum atomic E-state index is 11.3. The van der Waals surface area contributed by atoms with E-state index < -0.39 is 0 Å². The first kappa shape index (κ1) is 11.0. The molecular weight excluding hydrogens is 184 g/mol. The van der Waals surface area contributed by atoms with Gasteiger partial charge in [-0.2, -0.15) is 0 Å². The summed E-state index contributed by atoms with van der Waals surface area (Å²) in [7, 11) is 1.37. The quantitative estimate of drug-likeness (QED) is 0.614. The molecule has 0 aromatic carbocycles. The van der Waals surface area contributed by atoms with Gasteiger partial charge >= 0.3 is 5.97 Å². The molecule has 0 aromatic rings. The number of nitrogens with zero attached hydrogens (tertiary/aromatic N) is 1. The molecule has 0 bridgehead atoms. The summed E-state index contributed by atoms with van der Waals surface area (Å²) in [6.45, 7) is 2.64. The lowest BCUT2D eigenvalue weighted by Crippen LogP contribution is -2.48. The minimum Gasteiger partial charge on any atom is -0.469 e. The van der Waals surface area contributed by atoms with Crippen LogP contribution in [0.1, 0.15) is 12.8 Å². The van der Waals surface area contributed by atoms with Crippen molar-refractivity contribution in [1.82, 2.24) is 10.2 Å². The zero-order valence-electron chi connectivity index (χ0n) is 8.41. The first-order valence-electron chi connectivity index (χ1n) is 4.79. The van der Waals surface area contributed by atoms with E-state index in [4.69, 9.17) is 0 Å². The molecule has 0 saturated carbocycles.